The van der Waals surface area contributed by atoms with E-state index in [1.807, 2.05) is 11.3 Å². The highest BCUT2D eigenvalue weighted by Crippen LogP contribution is 2.28. The van der Waals surface area contributed by atoms with Crippen LogP contribution in [0.15, 0.2) is 22.5 Å². The van der Waals surface area contributed by atoms with Crippen LogP contribution in [-0.4, -0.2) is 68.7 Å². The van der Waals surface area contributed by atoms with E-state index in [1.54, 1.807) is 0 Å². The van der Waals surface area contributed by atoms with E-state index in [9.17, 15) is 0 Å². The minimum atomic E-state index is 0.659. The molecule has 27 heavy (non-hydrogen) atoms. The van der Waals surface area contributed by atoms with E-state index >= 15 is 0 Å². The lowest BCUT2D eigenvalue weighted by atomic mass is 9.98. The van der Waals surface area contributed by atoms with Gasteiger partial charge >= 0.3 is 0 Å². The molecule has 0 radical (unpaired) electrons. The number of nitrogens with zero attached hydrogens (tertiary/aromatic N) is 3. The van der Waals surface area contributed by atoms with Gasteiger partial charge in [-0.25, -0.2) is 0 Å². The van der Waals surface area contributed by atoms with Gasteiger partial charge in [0.1, 0.15) is 0 Å². The third kappa shape index (κ3) is 7.43. The molecule has 1 atom stereocenters. The zero-order valence-electron chi connectivity index (χ0n) is 17.0. The second kappa shape index (κ2) is 11.0. The van der Waals surface area contributed by atoms with Crippen LogP contribution in [0.4, 0.5) is 0 Å². The van der Waals surface area contributed by atoms with Gasteiger partial charge in [-0.15, -0.1) is 11.3 Å². The standard InChI is InChI=1S/C21H36N4OS/c1-3-22-21(24(2)11-12-26-17-18-8-9-18)23-14-19-6-4-10-25(15-19)16-20-7-5-13-27-20/h5,7,13,18-19H,3-4,6,8-12,14-17H2,1-2H3,(H,22,23). The van der Waals surface area contributed by atoms with Crippen LogP contribution in [0, 0.1) is 11.8 Å². The summed E-state index contributed by atoms with van der Waals surface area (Å²) in [4.78, 5) is 11.2. The van der Waals surface area contributed by atoms with Gasteiger partial charge in [-0.05, 0) is 62.4 Å². The summed E-state index contributed by atoms with van der Waals surface area (Å²) in [5.41, 5.74) is 0. The maximum atomic E-state index is 5.78. The molecule has 1 aromatic rings. The minimum absolute atomic E-state index is 0.659. The zero-order chi connectivity index (χ0) is 18.9. The monoisotopic (exact) mass is 392 g/mol. The Morgan fingerprint density at radius 1 is 1.37 bits per heavy atom. The summed E-state index contributed by atoms with van der Waals surface area (Å²) < 4.78 is 5.78. The van der Waals surface area contributed by atoms with Gasteiger partial charge in [0.05, 0.1) is 6.61 Å². The Balaban J connectivity index is 1.42. The Bertz CT molecular complexity index is 559. The number of likely N-dealkylation sites (N-methyl/N-ethyl adjacent to an activating group) is 1. The molecule has 2 aliphatic rings. The van der Waals surface area contributed by atoms with Gasteiger partial charge in [0, 0.05) is 51.3 Å². The smallest absolute Gasteiger partial charge is 0.193 e. The Kier molecular flexibility index (Phi) is 8.42. The fourth-order valence-corrected chi connectivity index (χ4v) is 4.34. The molecule has 152 valence electrons. The van der Waals surface area contributed by atoms with Crippen molar-refractivity contribution < 1.29 is 4.74 Å². The van der Waals surface area contributed by atoms with Crippen LogP contribution in [0.5, 0.6) is 0 Å². The van der Waals surface area contributed by atoms with Gasteiger partial charge in [0.2, 0.25) is 0 Å². The van der Waals surface area contributed by atoms with E-state index in [4.69, 9.17) is 9.73 Å². The maximum absolute atomic E-state index is 5.78. The highest BCUT2D eigenvalue weighted by molar-refractivity contribution is 7.09. The normalized spacial score (nSPS) is 21.4. The molecule has 1 N–H and O–H groups in total. The van der Waals surface area contributed by atoms with Gasteiger partial charge in [0.25, 0.3) is 0 Å². The topological polar surface area (TPSA) is 40.1 Å². The lowest BCUT2D eigenvalue weighted by Gasteiger charge is -2.32. The number of piperidine rings is 1. The van der Waals surface area contributed by atoms with Crippen molar-refractivity contribution in [2.24, 2.45) is 16.8 Å². The molecule has 0 amide bonds. The molecule has 1 saturated carbocycles. The molecule has 1 unspecified atom stereocenters. The highest BCUT2D eigenvalue weighted by Gasteiger charge is 2.22. The minimum Gasteiger partial charge on any atom is -0.379 e. The first-order valence-corrected chi connectivity index (χ1v) is 11.4. The van der Waals surface area contributed by atoms with Gasteiger partial charge < -0.3 is 15.0 Å². The van der Waals surface area contributed by atoms with Gasteiger partial charge in [0.15, 0.2) is 5.96 Å². The number of hydrogen-bond acceptors (Lipinski definition) is 4. The fourth-order valence-electron chi connectivity index (χ4n) is 3.59. The number of hydrogen-bond donors (Lipinski definition) is 1. The summed E-state index contributed by atoms with van der Waals surface area (Å²) in [5.74, 6) is 2.51. The lowest BCUT2D eigenvalue weighted by molar-refractivity contribution is 0.115. The first-order chi connectivity index (χ1) is 13.2. The molecule has 5 nitrogen and oxygen atoms in total. The van der Waals surface area contributed by atoms with E-state index in [0.29, 0.717) is 5.92 Å². The van der Waals surface area contributed by atoms with Crippen LogP contribution >= 0.6 is 11.3 Å². The zero-order valence-corrected chi connectivity index (χ0v) is 17.8. The number of likely N-dealkylation sites (tertiary alicyclic amines) is 1. The molecule has 2 fully saturated rings. The van der Waals surface area contributed by atoms with Crippen molar-refractivity contribution in [1.29, 1.82) is 0 Å². The largest absolute Gasteiger partial charge is 0.379 e. The molecular weight excluding hydrogens is 356 g/mol. The van der Waals surface area contributed by atoms with Gasteiger partial charge in [-0.2, -0.15) is 0 Å². The van der Waals surface area contributed by atoms with E-state index in [1.165, 1.54) is 37.1 Å². The SMILES string of the molecule is CCNC(=NCC1CCCN(Cc2cccs2)C1)N(C)CCOCC1CC1. The van der Waals surface area contributed by atoms with Crippen molar-refractivity contribution >= 4 is 17.3 Å². The van der Waals surface area contributed by atoms with Crippen molar-refractivity contribution in [3.05, 3.63) is 22.4 Å². The van der Waals surface area contributed by atoms with Gasteiger partial charge in [-0.1, -0.05) is 6.07 Å². The molecule has 0 bridgehead atoms. The van der Waals surface area contributed by atoms with Crippen molar-refractivity contribution in [2.45, 2.75) is 39.2 Å². The van der Waals surface area contributed by atoms with Crippen LogP contribution in [0.3, 0.4) is 0 Å². The summed E-state index contributed by atoms with van der Waals surface area (Å²) in [6, 6.07) is 4.40. The van der Waals surface area contributed by atoms with Crippen LogP contribution in [0.25, 0.3) is 0 Å². The average molecular weight is 393 g/mol. The summed E-state index contributed by atoms with van der Waals surface area (Å²) in [6.45, 7) is 10.0. The Morgan fingerprint density at radius 2 is 2.26 bits per heavy atom. The number of rotatable bonds is 10. The van der Waals surface area contributed by atoms with E-state index in [-0.39, 0.29) is 0 Å². The molecule has 1 aromatic heterocycles. The summed E-state index contributed by atoms with van der Waals surface area (Å²) in [5, 5.41) is 5.61. The Morgan fingerprint density at radius 3 is 3.00 bits per heavy atom. The van der Waals surface area contributed by atoms with Crippen molar-refractivity contribution in [3.8, 4) is 0 Å². The second-order valence-electron chi connectivity index (χ2n) is 7.96. The molecule has 1 aliphatic carbocycles. The molecule has 0 aromatic carbocycles. The van der Waals surface area contributed by atoms with E-state index in [0.717, 1.165) is 57.8 Å². The van der Waals surface area contributed by atoms with Gasteiger partial charge in [-0.3, -0.25) is 9.89 Å². The number of nitrogens with one attached hydrogen (secondary N) is 1. The summed E-state index contributed by atoms with van der Waals surface area (Å²) in [6.07, 6.45) is 5.28. The number of thiophene rings is 1. The third-order valence-electron chi connectivity index (χ3n) is 5.38. The predicted molar refractivity (Wildman–Crippen MR) is 114 cm³/mol. The predicted octanol–water partition coefficient (Wildman–Crippen LogP) is 3.28. The number of guanidine groups is 1. The lowest BCUT2D eigenvalue weighted by Crippen LogP contribution is -2.41. The van der Waals surface area contributed by atoms with Crippen molar-refractivity contribution in [3.63, 3.8) is 0 Å². The number of ether oxygens (including phenoxy) is 1. The molecule has 1 saturated heterocycles. The number of aliphatic imine (C=N–C) groups is 1. The molecule has 2 heterocycles. The maximum Gasteiger partial charge on any atom is 0.193 e. The van der Waals surface area contributed by atoms with Crippen molar-refractivity contribution in [1.82, 2.24) is 15.1 Å². The summed E-state index contributed by atoms with van der Waals surface area (Å²) in [7, 11) is 2.12. The quantitative estimate of drug-likeness (QED) is 0.377. The van der Waals surface area contributed by atoms with E-state index < -0.39 is 0 Å². The van der Waals surface area contributed by atoms with Crippen LogP contribution in [0.2, 0.25) is 0 Å². The molecular formula is C21H36N4OS. The molecule has 6 heteroatoms. The summed E-state index contributed by atoms with van der Waals surface area (Å²) >= 11 is 1.86. The molecule has 0 spiro atoms. The van der Waals surface area contributed by atoms with Crippen LogP contribution in [0.1, 0.15) is 37.5 Å². The second-order valence-corrected chi connectivity index (χ2v) is 8.99. The Labute approximate surface area is 168 Å². The molecule has 3 rings (SSSR count). The third-order valence-corrected chi connectivity index (χ3v) is 6.24. The van der Waals surface area contributed by atoms with Crippen LogP contribution < -0.4 is 5.32 Å². The average Bonchev–Trinajstić information content (AvgIpc) is 3.37. The first-order valence-electron chi connectivity index (χ1n) is 10.6. The first kappa shape index (κ1) is 20.6. The Hall–Kier alpha value is -1.11. The fraction of sp³-hybridized carbons (Fsp3) is 0.762. The van der Waals surface area contributed by atoms with E-state index in [2.05, 4.69) is 46.6 Å². The van der Waals surface area contributed by atoms with Crippen molar-refractivity contribution in [2.75, 3.05) is 53.0 Å². The van der Waals surface area contributed by atoms with Crippen LogP contribution in [-0.2, 0) is 11.3 Å². The highest BCUT2D eigenvalue weighted by atomic mass is 32.1. The molecule has 1 aliphatic heterocycles.